The monoisotopic (exact) mass is 928 g/mol. The minimum atomic E-state index is 0.371. The van der Waals surface area contributed by atoms with Gasteiger partial charge in [0.25, 0.3) is 0 Å². The number of hydrogen-bond acceptors (Lipinski definition) is 10. The van der Waals surface area contributed by atoms with Crippen molar-refractivity contribution in [3.8, 4) is 69.3 Å². The minimum absolute atomic E-state index is 0.371. The number of nitrogens with zero attached hydrogens (tertiary/aromatic N) is 6. The second-order valence-corrected chi connectivity index (χ2v) is 17.5. The summed E-state index contributed by atoms with van der Waals surface area (Å²) >= 11 is 0. The van der Waals surface area contributed by atoms with E-state index in [0.29, 0.717) is 91.0 Å². The van der Waals surface area contributed by atoms with Gasteiger partial charge < -0.3 is 38.5 Å². The molecule has 0 N–H and O–H groups in total. The molecule has 0 spiro atoms. The Morgan fingerprint density at radius 2 is 0.472 bits per heavy atom. The summed E-state index contributed by atoms with van der Waals surface area (Å²) < 4.78 is 26.3. The van der Waals surface area contributed by atoms with Gasteiger partial charge in [0, 0.05) is 22.5 Å². The summed E-state index contributed by atoms with van der Waals surface area (Å²) in [5.74, 6) is 5.14. The zero-order valence-electron chi connectivity index (χ0n) is 38.1. The summed E-state index contributed by atoms with van der Waals surface area (Å²) in [6, 6.07) is 76.6. The van der Waals surface area contributed by atoms with Gasteiger partial charge in [0.05, 0.1) is 68.0 Å². The molecule has 0 saturated heterocycles. The van der Waals surface area contributed by atoms with Gasteiger partial charge in [-0.05, 0) is 121 Å². The van der Waals surface area contributed by atoms with Crippen molar-refractivity contribution in [2.24, 2.45) is 0 Å². The number of anilines is 12. The average molecular weight is 929 g/mol. The molecule has 0 fully saturated rings. The number of ether oxygens (including phenoxy) is 4. The van der Waals surface area contributed by atoms with Crippen LogP contribution in [0.15, 0.2) is 218 Å². The highest BCUT2D eigenvalue weighted by molar-refractivity contribution is 6.06. The van der Waals surface area contributed by atoms with Crippen LogP contribution in [0.2, 0.25) is 0 Å². The molecule has 0 amide bonds. The maximum absolute atomic E-state index is 11.8. The topological polar surface area (TPSA) is 97.5 Å². The lowest BCUT2D eigenvalue weighted by Gasteiger charge is -2.39. The van der Waals surface area contributed by atoms with Crippen molar-refractivity contribution in [3.05, 3.63) is 230 Å². The molecule has 0 saturated carbocycles. The molecule has 72 heavy (non-hydrogen) atoms. The number of hydrogen-bond donors (Lipinski definition) is 0. The van der Waals surface area contributed by atoms with E-state index in [4.69, 9.17) is 18.9 Å². The van der Waals surface area contributed by atoms with E-state index < -0.39 is 0 Å². The lowest BCUT2D eigenvalue weighted by Crippen LogP contribution is -2.21. The predicted molar refractivity (Wildman–Crippen MR) is 280 cm³/mol. The largest absolute Gasteiger partial charge is 0.453 e. The van der Waals surface area contributed by atoms with Crippen LogP contribution in [0, 0.1) is 22.7 Å². The second kappa shape index (κ2) is 16.1. The Morgan fingerprint density at radius 3 is 0.694 bits per heavy atom. The van der Waals surface area contributed by atoms with Gasteiger partial charge in [-0.3, -0.25) is 0 Å². The molecule has 0 radical (unpaired) electrons. The first-order chi connectivity index (χ1) is 35.6. The van der Waals surface area contributed by atoms with Crippen molar-refractivity contribution in [3.63, 3.8) is 0 Å². The normalized spacial score (nSPS) is 13.0. The summed E-state index contributed by atoms with van der Waals surface area (Å²) in [6.45, 7) is 0. The second-order valence-electron chi connectivity index (χ2n) is 17.5. The molecular weight excluding hydrogens is 893 g/mol. The molecule has 10 nitrogen and oxygen atoms in total. The van der Waals surface area contributed by atoms with Crippen LogP contribution in [-0.2, 0) is 0 Å². The van der Waals surface area contributed by atoms with Gasteiger partial charge in [-0.2, -0.15) is 10.5 Å². The van der Waals surface area contributed by atoms with Crippen LogP contribution in [0.3, 0.4) is 0 Å². The third kappa shape index (κ3) is 6.20. The van der Waals surface area contributed by atoms with Crippen LogP contribution < -0.4 is 38.5 Å². The summed E-state index contributed by atoms with van der Waals surface area (Å²) in [5, 5.41) is 23.7. The van der Waals surface area contributed by atoms with Crippen molar-refractivity contribution in [2.45, 2.75) is 0 Å². The highest BCUT2D eigenvalue weighted by Crippen LogP contribution is 2.61. The van der Waals surface area contributed by atoms with Crippen LogP contribution in [0.4, 0.5) is 68.2 Å². The Morgan fingerprint density at radius 1 is 0.264 bits per heavy atom. The van der Waals surface area contributed by atoms with E-state index in [2.05, 4.69) is 43.9 Å². The van der Waals surface area contributed by atoms with Crippen molar-refractivity contribution in [1.29, 1.82) is 10.5 Å². The summed E-state index contributed by atoms with van der Waals surface area (Å²) in [4.78, 5) is 8.53. The van der Waals surface area contributed by atoms with Gasteiger partial charge in [0.15, 0.2) is 46.0 Å². The van der Waals surface area contributed by atoms with E-state index in [1.165, 1.54) is 0 Å². The molecule has 0 unspecified atom stereocenters. The molecule has 4 aliphatic rings. The van der Waals surface area contributed by atoms with E-state index in [1.807, 2.05) is 206 Å². The molecule has 10 heteroatoms. The quantitative estimate of drug-likeness (QED) is 0.166. The SMILES string of the molecule is N#Cc1cc(N2c3ccccc3Oc3ccccc32)cc(-c2cc(N3c4ccccc4Oc4ccccc43)cc(C#N)c2N2c3ccccc3Oc3ccccc32)c1N1c2ccccc2Oc2ccccc21. The van der Waals surface area contributed by atoms with Gasteiger partial charge in [-0.1, -0.05) is 97.1 Å². The maximum Gasteiger partial charge on any atom is 0.151 e. The van der Waals surface area contributed by atoms with Crippen molar-refractivity contribution in [1.82, 2.24) is 0 Å². The Labute approximate surface area is 414 Å². The lowest BCUT2D eigenvalue weighted by molar-refractivity contribution is 0.476. The number of para-hydroxylation sites is 16. The smallest absolute Gasteiger partial charge is 0.151 e. The maximum atomic E-state index is 11.8. The van der Waals surface area contributed by atoms with Crippen molar-refractivity contribution >= 4 is 68.2 Å². The fraction of sp³-hybridized carbons (Fsp3) is 0. The van der Waals surface area contributed by atoms with Crippen LogP contribution in [0.1, 0.15) is 11.1 Å². The fourth-order valence-corrected chi connectivity index (χ4v) is 10.4. The van der Waals surface area contributed by atoms with E-state index in [0.717, 1.165) is 45.5 Å². The Hall–Kier alpha value is -10.4. The molecule has 4 aliphatic heterocycles. The molecule has 10 aromatic carbocycles. The van der Waals surface area contributed by atoms with Crippen LogP contribution in [-0.4, -0.2) is 0 Å². The first-order valence-corrected chi connectivity index (χ1v) is 23.4. The van der Waals surface area contributed by atoms with E-state index in [-0.39, 0.29) is 0 Å². The molecule has 0 aliphatic carbocycles. The first kappa shape index (κ1) is 40.6. The highest BCUT2D eigenvalue weighted by atomic mass is 16.5. The Bertz CT molecular complexity index is 3550. The Kier molecular flexibility index (Phi) is 9.08. The summed E-state index contributed by atoms with van der Waals surface area (Å²) in [5.41, 5.74) is 10.7. The zero-order valence-corrected chi connectivity index (χ0v) is 38.1. The van der Waals surface area contributed by atoms with E-state index in [9.17, 15) is 10.5 Å². The minimum Gasteiger partial charge on any atom is -0.453 e. The molecule has 338 valence electrons. The summed E-state index contributed by atoms with van der Waals surface area (Å²) in [7, 11) is 0. The third-order valence-electron chi connectivity index (χ3n) is 13.4. The molecule has 10 aromatic rings. The van der Waals surface area contributed by atoms with Crippen molar-refractivity contribution < 1.29 is 18.9 Å². The highest BCUT2D eigenvalue weighted by Gasteiger charge is 2.37. The van der Waals surface area contributed by atoms with Gasteiger partial charge in [0.2, 0.25) is 0 Å². The molecule has 4 heterocycles. The molecular formula is C62H36N6O4. The van der Waals surface area contributed by atoms with Gasteiger partial charge in [0.1, 0.15) is 12.1 Å². The zero-order chi connectivity index (χ0) is 47.9. The first-order valence-electron chi connectivity index (χ1n) is 23.4. The Balaban J connectivity index is 1.15. The van der Waals surface area contributed by atoms with Crippen LogP contribution >= 0.6 is 0 Å². The lowest BCUT2D eigenvalue weighted by atomic mass is 9.91. The van der Waals surface area contributed by atoms with Gasteiger partial charge >= 0.3 is 0 Å². The van der Waals surface area contributed by atoms with Crippen molar-refractivity contribution in [2.75, 3.05) is 19.6 Å². The van der Waals surface area contributed by atoms with Crippen LogP contribution in [0.25, 0.3) is 11.1 Å². The third-order valence-corrected chi connectivity index (χ3v) is 13.4. The predicted octanol–water partition coefficient (Wildman–Crippen LogP) is 17.4. The molecule has 14 rings (SSSR count). The fourth-order valence-electron chi connectivity index (χ4n) is 10.4. The summed E-state index contributed by atoms with van der Waals surface area (Å²) in [6.07, 6.45) is 0. The van der Waals surface area contributed by atoms with Gasteiger partial charge in [-0.25, -0.2) is 0 Å². The van der Waals surface area contributed by atoms with Gasteiger partial charge in [-0.15, -0.1) is 0 Å². The molecule has 0 atom stereocenters. The van der Waals surface area contributed by atoms with E-state index in [1.54, 1.807) is 0 Å². The number of nitriles is 2. The number of fused-ring (bicyclic) bond motifs is 8. The number of rotatable bonds is 5. The standard InChI is InChI=1S/C62H36N6O4/c63-37-39-33-41(65-45-17-1-9-25-53(45)69-54-26-10-2-18-46(54)65)35-43(61(39)67-49-21-5-13-29-57(49)71-58-30-14-6-22-50(58)67)44-36-42(66-47-19-3-11-27-55(47)70-56-28-12-4-20-48(56)66)34-40(38-64)62(44)68-51-23-7-15-31-59(51)72-60-32-16-8-24-52(60)68/h1-36H. The molecule has 0 aromatic heterocycles. The molecule has 0 bridgehead atoms. The van der Waals surface area contributed by atoms with E-state index >= 15 is 0 Å². The van der Waals surface area contributed by atoms with Crippen LogP contribution in [0.5, 0.6) is 46.0 Å². The average Bonchev–Trinajstić information content (AvgIpc) is 3.44. The number of benzene rings is 10.